The Morgan fingerprint density at radius 1 is 2.00 bits per heavy atom. The van der Waals surface area contributed by atoms with Crippen LogP contribution in [-0.4, -0.2) is 20.9 Å². The van der Waals surface area contributed by atoms with E-state index in [9.17, 15) is 4.79 Å². The van der Waals surface area contributed by atoms with Crippen LogP contribution >= 0.6 is 0 Å². The number of carbonyl (C=O) groups is 1. The van der Waals surface area contributed by atoms with Gasteiger partial charge in [-0.25, -0.2) is 0 Å². The first-order chi connectivity index (χ1) is 5.72. The van der Waals surface area contributed by atoms with Gasteiger partial charge in [0.25, 0.3) is 0 Å². The predicted molar refractivity (Wildman–Crippen MR) is 39.2 cm³/mol. The number of carboxylic acid groups (broad SMARTS) is 1. The molecule has 0 bridgehead atoms. The molecular formula is C7H10N2O2. The van der Waals surface area contributed by atoms with Crippen LogP contribution in [0.3, 0.4) is 0 Å². The van der Waals surface area contributed by atoms with Gasteiger partial charge in [0.05, 0.1) is 12.1 Å². The summed E-state index contributed by atoms with van der Waals surface area (Å²) in [4.78, 5) is 10.2. The molecule has 1 aromatic rings. The highest BCUT2D eigenvalue weighted by atomic mass is 16.4. The molecule has 0 unspecified atom stereocenters. The first-order valence-electron chi connectivity index (χ1n) is 3.96. The monoisotopic (exact) mass is 155 g/mol. The molecule has 0 aliphatic rings. The van der Waals surface area contributed by atoms with Crippen molar-refractivity contribution in [2.24, 2.45) is 7.02 Å². The van der Waals surface area contributed by atoms with Gasteiger partial charge in [-0.2, -0.15) is 5.10 Å². The van der Waals surface area contributed by atoms with Crippen molar-refractivity contribution in [1.82, 2.24) is 9.78 Å². The lowest BCUT2D eigenvalue weighted by Crippen LogP contribution is -1.98. The lowest BCUT2D eigenvalue weighted by Gasteiger charge is -1.90. The quantitative estimate of drug-likeness (QED) is 0.689. The minimum absolute atomic E-state index is 0.0765. The molecule has 4 nitrogen and oxygen atoms in total. The highest BCUT2D eigenvalue weighted by molar-refractivity contribution is 5.66. The van der Waals surface area contributed by atoms with Crippen molar-refractivity contribution in [2.45, 2.75) is 12.8 Å². The molecule has 1 rings (SSSR count). The molecule has 0 amide bonds. The van der Waals surface area contributed by atoms with E-state index in [1.807, 2.05) is 0 Å². The molecular weight excluding hydrogens is 144 g/mol. The van der Waals surface area contributed by atoms with Gasteiger partial charge >= 0.3 is 5.97 Å². The fourth-order valence-electron chi connectivity index (χ4n) is 0.772. The van der Waals surface area contributed by atoms with Crippen LogP contribution < -0.4 is 0 Å². The fourth-order valence-corrected chi connectivity index (χ4v) is 0.772. The molecule has 0 aliphatic heterocycles. The number of aliphatic carboxylic acids is 1. The zero-order valence-corrected chi connectivity index (χ0v) is 6.03. The second-order valence-electron chi connectivity index (χ2n) is 2.24. The number of nitrogens with zero attached hydrogens (tertiary/aromatic N) is 2. The minimum atomic E-state index is -0.824. The van der Waals surface area contributed by atoms with E-state index in [0.717, 1.165) is 5.69 Å². The first kappa shape index (κ1) is 6.39. The van der Waals surface area contributed by atoms with Crippen LogP contribution in [0.5, 0.6) is 0 Å². The highest BCUT2D eigenvalue weighted by Gasteiger charge is 2.00. The van der Waals surface area contributed by atoms with Crippen molar-refractivity contribution >= 4 is 5.97 Å². The van der Waals surface area contributed by atoms with E-state index in [-0.39, 0.29) is 13.4 Å². The van der Waals surface area contributed by atoms with Crippen LogP contribution in [0.4, 0.5) is 0 Å². The summed E-state index contributed by atoms with van der Waals surface area (Å²) >= 11 is 0. The van der Waals surface area contributed by atoms with Crippen molar-refractivity contribution in [3.05, 3.63) is 18.0 Å². The number of hydrogen-bond donors (Lipinski definition) is 1. The summed E-state index contributed by atoms with van der Waals surface area (Å²) in [5, 5.41) is 12.3. The third-order valence-corrected chi connectivity index (χ3v) is 1.29. The standard InChI is InChI=1S/C7H10N2O2/c1-9-5-4-6(8-9)2-3-7(10)11/h4-5H,2-3H2,1H3,(H,10,11)/i1D. The van der Waals surface area contributed by atoms with Gasteiger partial charge in [-0.3, -0.25) is 9.48 Å². The molecule has 0 spiro atoms. The average Bonchev–Trinajstić information content (AvgIpc) is 2.48. The average molecular weight is 155 g/mol. The summed E-state index contributed by atoms with van der Waals surface area (Å²) in [5.41, 5.74) is 0.727. The molecule has 1 N–H and O–H groups in total. The fraction of sp³-hybridized carbons (Fsp3) is 0.429. The summed E-state index contributed by atoms with van der Waals surface area (Å²) in [6.07, 6.45) is 2.20. The lowest BCUT2D eigenvalue weighted by molar-refractivity contribution is -0.136. The van der Waals surface area contributed by atoms with Gasteiger partial charge in [-0.1, -0.05) is 0 Å². The molecule has 0 radical (unpaired) electrons. The summed E-state index contributed by atoms with van der Waals surface area (Å²) in [6, 6.07) is 1.73. The van der Waals surface area contributed by atoms with Crippen LogP contribution in [0.2, 0.25) is 0 Å². The Kier molecular flexibility index (Phi) is 1.85. The van der Waals surface area contributed by atoms with Crippen molar-refractivity contribution in [3.63, 3.8) is 0 Å². The molecule has 0 saturated heterocycles. The zero-order chi connectivity index (χ0) is 8.97. The second-order valence-corrected chi connectivity index (χ2v) is 2.24. The van der Waals surface area contributed by atoms with E-state index in [1.165, 1.54) is 4.68 Å². The van der Waals surface area contributed by atoms with Gasteiger partial charge in [-0.15, -0.1) is 0 Å². The van der Waals surface area contributed by atoms with Crippen molar-refractivity contribution < 1.29 is 11.3 Å². The van der Waals surface area contributed by atoms with Crippen LogP contribution in [0.1, 0.15) is 13.5 Å². The van der Waals surface area contributed by atoms with E-state index >= 15 is 0 Å². The van der Waals surface area contributed by atoms with Crippen LogP contribution in [-0.2, 0) is 18.2 Å². The SMILES string of the molecule is [2H]Cn1ccc(CCC(=O)O)n1. The van der Waals surface area contributed by atoms with Crippen LogP contribution in [0, 0.1) is 0 Å². The Bertz CT molecular complexity index is 272. The lowest BCUT2D eigenvalue weighted by atomic mass is 10.2. The molecule has 0 aliphatic carbocycles. The second kappa shape index (κ2) is 3.18. The Balaban J connectivity index is 2.47. The van der Waals surface area contributed by atoms with E-state index in [4.69, 9.17) is 6.48 Å². The smallest absolute Gasteiger partial charge is 0.303 e. The van der Waals surface area contributed by atoms with Gasteiger partial charge in [0.1, 0.15) is 0 Å². The number of aromatic nitrogens is 2. The number of hydrogen-bond acceptors (Lipinski definition) is 2. The third-order valence-electron chi connectivity index (χ3n) is 1.29. The Labute approximate surface area is 65.9 Å². The van der Waals surface area contributed by atoms with E-state index in [2.05, 4.69) is 5.10 Å². The summed E-state index contributed by atoms with van der Waals surface area (Å²) in [7, 11) is 0.0765. The van der Waals surface area contributed by atoms with Crippen molar-refractivity contribution in [1.29, 1.82) is 0 Å². The minimum Gasteiger partial charge on any atom is -0.481 e. The van der Waals surface area contributed by atoms with E-state index < -0.39 is 5.97 Å². The molecule has 1 heterocycles. The summed E-state index contributed by atoms with van der Waals surface area (Å²) in [5.74, 6) is -0.824. The van der Waals surface area contributed by atoms with E-state index in [0.29, 0.717) is 6.42 Å². The van der Waals surface area contributed by atoms with Gasteiger partial charge in [0.15, 0.2) is 0 Å². The first-order valence-corrected chi connectivity index (χ1v) is 3.25. The molecule has 60 valence electrons. The predicted octanol–water partition coefficient (Wildman–Crippen LogP) is 0.437. The maximum absolute atomic E-state index is 10.2. The van der Waals surface area contributed by atoms with Crippen molar-refractivity contribution in [3.8, 4) is 0 Å². The maximum Gasteiger partial charge on any atom is 0.303 e. The molecule has 4 heteroatoms. The molecule has 0 fully saturated rings. The van der Waals surface area contributed by atoms with E-state index in [1.54, 1.807) is 12.3 Å². The Hall–Kier alpha value is -1.32. The molecule has 11 heavy (non-hydrogen) atoms. The summed E-state index contributed by atoms with van der Waals surface area (Å²) in [6.45, 7) is 0. The maximum atomic E-state index is 10.2. The Morgan fingerprint density at radius 2 is 2.82 bits per heavy atom. The molecule has 0 atom stereocenters. The number of carboxylic acids is 1. The van der Waals surface area contributed by atoms with Gasteiger partial charge < -0.3 is 5.11 Å². The number of rotatable bonds is 3. The topological polar surface area (TPSA) is 55.1 Å². The molecule has 0 aromatic carbocycles. The largest absolute Gasteiger partial charge is 0.481 e. The van der Waals surface area contributed by atoms with Crippen LogP contribution in [0.25, 0.3) is 0 Å². The highest BCUT2D eigenvalue weighted by Crippen LogP contribution is 1.98. The van der Waals surface area contributed by atoms with Gasteiger partial charge in [0, 0.05) is 21.0 Å². The van der Waals surface area contributed by atoms with Crippen molar-refractivity contribution in [2.75, 3.05) is 0 Å². The Morgan fingerprint density at radius 3 is 3.36 bits per heavy atom. The molecule has 0 saturated carbocycles. The summed E-state index contributed by atoms with van der Waals surface area (Å²) < 4.78 is 8.41. The number of aryl methyl sites for hydroxylation is 2. The normalized spacial score (nSPS) is 11.1. The third kappa shape index (κ3) is 2.41. The zero-order valence-electron chi connectivity index (χ0n) is 7.03. The van der Waals surface area contributed by atoms with Gasteiger partial charge in [-0.05, 0) is 6.07 Å². The van der Waals surface area contributed by atoms with Crippen LogP contribution in [0.15, 0.2) is 12.3 Å². The van der Waals surface area contributed by atoms with Gasteiger partial charge in [0.2, 0.25) is 0 Å². The molecule has 1 aromatic heterocycles.